The van der Waals surface area contributed by atoms with Gasteiger partial charge in [0.2, 0.25) is 0 Å². The Balaban J connectivity index is 1.07. The van der Waals surface area contributed by atoms with Gasteiger partial charge in [0, 0.05) is 6.92 Å². The second kappa shape index (κ2) is 19.0. The molecule has 0 unspecified atom stereocenters. The normalized spacial score (nSPS) is 53.0. The molecule has 0 aromatic rings. The molecule has 3 heterocycles. The number of rotatable bonds is 10. The minimum Gasteiger partial charge on any atom is -0.547 e. The zero-order chi connectivity index (χ0) is 51.6. The van der Waals surface area contributed by atoms with Gasteiger partial charge in [-0.1, -0.05) is 60.1 Å². The third-order valence-electron chi connectivity index (χ3n) is 19.6. The Kier molecular flexibility index (Phi) is 14.7. The predicted octanol–water partition coefficient (Wildman–Crippen LogP) is -1.09. The molecule has 10 N–H and O–H groups in total. The van der Waals surface area contributed by atoms with Crippen molar-refractivity contribution in [2.75, 3.05) is 13.2 Å². The number of aliphatic carboxylic acids is 1. The number of ether oxygens (including phenoxy) is 7. The van der Waals surface area contributed by atoms with Crippen molar-refractivity contribution in [1.29, 1.82) is 0 Å². The first-order valence-electron chi connectivity index (χ1n) is 25.2. The van der Waals surface area contributed by atoms with Crippen LogP contribution in [0.25, 0.3) is 0 Å². The van der Waals surface area contributed by atoms with Crippen LogP contribution in [0.15, 0.2) is 11.6 Å². The summed E-state index contributed by atoms with van der Waals surface area (Å²) in [6.45, 7) is 17.3. The van der Waals surface area contributed by atoms with E-state index in [1.54, 1.807) is 6.92 Å². The first-order valence-corrected chi connectivity index (χ1v) is 25.2. The van der Waals surface area contributed by atoms with Crippen LogP contribution in [0.3, 0.4) is 0 Å². The quantitative estimate of drug-likeness (QED) is 0.0706. The van der Waals surface area contributed by atoms with Crippen LogP contribution in [0.5, 0.6) is 0 Å². The Morgan fingerprint density at radius 3 is 2.00 bits per heavy atom. The number of carbonyl (C=O) groups is 2. The molecule has 3 saturated heterocycles. The van der Waals surface area contributed by atoms with Gasteiger partial charge >= 0.3 is 5.97 Å². The van der Waals surface area contributed by atoms with Gasteiger partial charge in [0.25, 0.3) is 0 Å². The highest BCUT2D eigenvalue weighted by molar-refractivity contribution is 5.71. The molecule has 20 heteroatoms. The van der Waals surface area contributed by atoms with Crippen LogP contribution in [-0.4, -0.2) is 187 Å². The Morgan fingerprint density at radius 1 is 0.714 bits per heavy atom. The number of carbonyl (C=O) groups excluding carboxylic acids is 2. The van der Waals surface area contributed by atoms with Gasteiger partial charge in [-0.05, 0) is 103 Å². The minimum atomic E-state index is -2.05. The molecule has 400 valence electrons. The van der Waals surface area contributed by atoms with Crippen LogP contribution in [0, 0.1) is 50.2 Å². The molecule has 4 saturated carbocycles. The highest BCUT2D eigenvalue weighted by Gasteiger charge is 2.72. The predicted molar refractivity (Wildman–Crippen MR) is 239 cm³/mol. The van der Waals surface area contributed by atoms with Gasteiger partial charge in [-0.15, -0.1) is 0 Å². The van der Waals surface area contributed by atoms with Crippen LogP contribution >= 0.6 is 0 Å². The Morgan fingerprint density at radius 2 is 1.36 bits per heavy atom. The van der Waals surface area contributed by atoms with E-state index < -0.39 is 145 Å². The summed E-state index contributed by atoms with van der Waals surface area (Å²) in [6, 6.07) is 0. The van der Waals surface area contributed by atoms with Gasteiger partial charge in [0.05, 0.1) is 42.9 Å². The number of allylic oxidation sites excluding steroid dienone is 2. The van der Waals surface area contributed by atoms with Crippen LogP contribution in [-0.2, 0) is 42.7 Å². The summed E-state index contributed by atoms with van der Waals surface area (Å²) in [5.41, 5.74) is -2.14. The zero-order valence-electron chi connectivity index (χ0n) is 41.8. The summed E-state index contributed by atoms with van der Waals surface area (Å²) >= 11 is 0. The number of hydrogen-bond acceptors (Lipinski definition) is 20. The van der Waals surface area contributed by atoms with Crippen molar-refractivity contribution >= 4 is 11.9 Å². The number of fused-ring (bicyclic) bond motifs is 7. The Labute approximate surface area is 409 Å². The largest absolute Gasteiger partial charge is 0.547 e. The van der Waals surface area contributed by atoms with Crippen molar-refractivity contribution in [2.45, 2.75) is 224 Å². The smallest absolute Gasteiger partial charge is 0.302 e. The van der Waals surface area contributed by atoms with Crippen molar-refractivity contribution in [1.82, 2.24) is 0 Å². The lowest BCUT2D eigenvalue weighted by molar-refractivity contribution is -0.381. The molecule has 0 radical (unpaired) electrons. The third kappa shape index (κ3) is 8.52. The van der Waals surface area contributed by atoms with E-state index in [4.69, 9.17) is 33.2 Å². The fourth-order valence-electron chi connectivity index (χ4n) is 15.6. The van der Waals surface area contributed by atoms with Crippen LogP contribution in [0.2, 0.25) is 0 Å². The number of carboxylic acids is 1. The summed E-state index contributed by atoms with van der Waals surface area (Å²) in [6.07, 6.45) is -20.1. The van der Waals surface area contributed by atoms with Crippen LogP contribution in [0.1, 0.15) is 114 Å². The van der Waals surface area contributed by atoms with Gasteiger partial charge in [-0.25, -0.2) is 0 Å². The second-order valence-electron chi connectivity index (χ2n) is 24.4. The monoisotopic (exact) mass is 1000 g/mol. The molecule has 0 amide bonds. The average molecular weight is 1000 g/mol. The molecule has 0 bridgehead atoms. The van der Waals surface area contributed by atoms with E-state index in [0.29, 0.717) is 38.5 Å². The van der Waals surface area contributed by atoms with Gasteiger partial charge in [0.1, 0.15) is 73.2 Å². The van der Waals surface area contributed by atoms with Crippen molar-refractivity contribution in [3.05, 3.63) is 11.6 Å². The summed E-state index contributed by atoms with van der Waals surface area (Å²) < 4.78 is 42.1. The average Bonchev–Trinajstić information content (AvgIpc) is 3.26. The van der Waals surface area contributed by atoms with Gasteiger partial charge < -0.3 is 94.1 Å². The molecule has 5 aliphatic carbocycles. The molecule has 8 rings (SSSR count). The van der Waals surface area contributed by atoms with Crippen molar-refractivity contribution in [3.8, 4) is 0 Å². The fourth-order valence-corrected chi connectivity index (χ4v) is 15.6. The molecular formula is C50H79O20-. The maximum atomic E-state index is 13.2. The first-order chi connectivity index (χ1) is 32.5. The highest BCUT2D eigenvalue weighted by atomic mass is 16.7. The maximum Gasteiger partial charge on any atom is 0.302 e. The lowest BCUT2D eigenvalue weighted by Crippen LogP contribution is -2.70. The number of esters is 1. The van der Waals surface area contributed by atoms with E-state index in [1.807, 2.05) is 0 Å². The number of carboxylic acid groups (broad SMARTS) is 1. The number of aliphatic hydroxyl groups excluding tert-OH is 10. The molecular weight excluding hydrogens is 921 g/mol. The standard InChI is InChI=1S/C50H80O20/c1-21-31(54)33(56)35(58)42(65-21)64-20-50-24(16-45(3,4)17-28(50)53)23-10-11-27-47(7)14-13-29(46(5,6)26(47)12-15-48(27,8)49(23,9)18-30(50)66-22(2)52)68-44-38(61)39(37(60)40(70-44)41(62)63)69-43-36(59)34(57)32(55)25(19-51)67-43/h10,21,24-40,42-44,51,53-61H,11-20H2,1-9H3,(H,62,63)/p-1/t21-,24-,25+,26-,27+,28-,29-,30-,31-,32+,33+,34-,35+,36+,37-,38+,39-,40-,42+,43-,44+,47-,48+,49+,50+/m0/s1. The zero-order valence-corrected chi connectivity index (χ0v) is 41.8. The minimum absolute atomic E-state index is 0.0220. The van der Waals surface area contributed by atoms with E-state index in [9.17, 15) is 65.8 Å². The molecule has 70 heavy (non-hydrogen) atoms. The van der Waals surface area contributed by atoms with Gasteiger partial charge in [-0.2, -0.15) is 0 Å². The first kappa shape index (κ1) is 54.3. The lowest BCUT2D eigenvalue weighted by Gasteiger charge is -2.72. The molecule has 3 aliphatic heterocycles. The Bertz CT molecular complexity index is 1960. The van der Waals surface area contributed by atoms with E-state index in [0.717, 1.165) is 12.8 Å². The van der Waals surface area contributed by atoms with Crippen molar-refractivity contribution < 1.29 is 98.9 Å². The highest BCUT2D eigenvalue weighted by Crippen LogP contribution is 2.76. The van der Waals surface area contributed by atoms with Crippen molar-refractivity contribution in [2.24, 2.45) is 50.2 Å². The summed E-state index contributed by atoms with van der Waals surface area (Å²) in [5, 5.41) is 121. The van der Waals surface area contributed by atoms with Gasteiger partial charge in [0.15, 0.2) is 18.9 Å². The van der Waals surface area contributed by atoms with E-state index in [-0.39, 0.29) is 40.6 Å². The second-order valence-corrected chi connectivity index (χ2v) is 24.4. The summed E-state index contributed by atoms with van der Waals surface area (Å²) in [4.78, 5) is 25.6. The molecule has 7 fully saturated rings. The maximum absolute atomic E-state index is 13.2. The van der Waals surface area contributed by atoms with Crippen molar-refractivity contribution in [3.63, 3.8) is 0 Å². The van der Waals surface area contributed by atoms with E-state index >= 15 is 0 Å². The topological polar surface area (TPSA) is 324 Å². The Hall–Kier alpha value is -1.96. The third-order valence-corrected chi connectivity index (χ3v) is 19.6. The van der Waals surface area contributed by atoms with E-state index in [2.05, 4.69) is 54.5 Å². The van der Waals surface area contributed by atoms with Crippen LogP contribution in [0.4, 0.5) is 0 Å². The fraction of sp³-hybridized carbons (Fsp3) is 0.920. The molecule has 0 spiro atoms. The van der Waals surface area contributed by atoms with Gasteiger partial charge in [-0.3, -0.25) is 4.79 Å². The molecule has 8 aliphatic rings. The molecule has 0 aromatic heterocycles. The molecule has 25 atom stereocenters. The number of hydrogen-bond donors (Lipinski definition) is 10. The molecule has 20 nitrogen and oxygen atoms in total. The summed E-state index contributed by atoms with van der Waals surface area (Å²) in [7, 11) is 0. The number of aliphatic hydroxyl groups is 10. The lowest BCUT2D eigenvalue weighted by atomic mass is 9.33. The van der Waals surface area contributed by atoms with E-state index in [1.165, 1.54) is 12.5 Å². The molecule has 0 aromatic carbocycles. The summed E-state index contributed by atoms with van der Waals surface area (Å²) in [5.74, 6) is -2.54. The van der Waals surface area contributed by atoms with Crippen LogP contribution < -0.4 is 5.11 Å². The SMILES string of the molecule is CC(=O)O[C@H]1C[C@]2(C)C(=CC[C@@H]3[C@@]4(C)CC[C@H](O[C@@H]5O[C@H](C(=O)[O-])[C@@H](O)[C@H](O[C@@H]6O[C@H](CO)[C@@H](O)[C@H](O)[C@H]6O)[C@H]5O)C(C)(C)[C@@H]4CC[C@]32C)[C@@H]2CC(C)(C)C[C@H](O)[C@]12CO[C@@H]1O[C@@H](C)[C@H](O)[C@@H](O)[C@H]1O.